The molecule has 0 radical (unpaired) electrons. The van der Waals surface area contributed by atoms with Crippen LogP contribution in [0.25, 0.3) is 0 Å². The van der Waals surface area contributed by atoms with E-state index in [0.29, 0.717) is 18.8 Å². The molecule has 174 valence electrons. The molecule has 0 aliphatic carbocycles. The average molecular weight is 464 g/mol. The third-order valence-electron chi connectivity index (χ3n) is 5.25. The van der Waals surface area contributed by atoms with Crippen molar-refractivity contribution in [3.05, 3.63) is 54.3 Å². The zero-order chi connectivity index (χ0) is 23.5. The number of halogens is 1. The van der Waals surface area contributed by atoms with Crippen molar-refractivity contribution in [1.82, 2.24) is 4.90 Å². The lowest BCUT2D eigenvalue weighted by molar-refractivity contribution is -0.130. The summed E-state index contributed by atoms with van der Waals surface area (Å²) in [4.78, 5) is 15.2. The first-order chi connectivity index (χ1) is 15.0. The van der Waals surface area contributed by atoms with Gasteiger partial charge in [0.05, 0.1) is 28.8 Å². The van der Waals surface area contributed by atoms with Crippen LogP contribution in [0.4, 0.5) is 15.8 Å². The second-order valence-corrected chi connectivity index (χ2v) is 10.2. The van der Waals surface area contributed by atoms with Crippen LogP contribution >= 0.6 is 0 Å². The summed E-state index contributed by atoms with van der Waals surface area (Å²) in [5.41, 5.74) is 0.635. The van der Waals surface area contributed by atoms with Gasteiger partial charge in [-0.15, -0.1) is 0 Å². The molecule has 1 heterocycles. The van der Waals surface area contributed by atoms with Gasteiger partial charge < -0.3 is 10.1 Å². The fourth-order valence-electron chi connectivity index (χ4n) is 4.03. The molecule has 1 aliphatic rings. The fraction of sp³-hybridized carbons (Fsp3) is 0.435. The molecule has 32 heavy (non-hydrogen) atoms. The van der Waals surface area contributed by atoms with Crippen molar-refractivity contribution in [3.63, 3.8) is 0 Å². The maximum atomic E-state index is 13.3. The highest BCUT2D eigenvalue weighted by Gasteiger charge is 2.34. The minimum atomic E-state index is -3.89. The van der Waals surface area contributed by atoms with Gasteiger partial charge in [-0.2, -0.15) is 0 Å². The molecule has 1 aliphatic heterocycles. The first kappa shape index (κ1) is 24.2. The molecule has 0 saturated carbocycles. The van der Waals surface area contributed by atoms with Crippen molar-refractivity contribution < 1.29 is 22.3 Å². The van der Waals surface area contributed by atoms with Gasteiger partial charge in [0.25, 0.3) is 10.0 Å². The number of carbonyl (C=O) groups is 1. The molecule has 0 spiro atoms. The maximum absolute atomic E-state index is 13.3. The molecule has 0 aromatic heterocycles. The summed E-state index contributed by atoms with van der Waals surface area (Å²) in [6.45, 7) is 9.34. The smallest absolute Gasteiger partial charge is 0.261 e. The highest BCUT2D eigenvalue weighted by molar-refractivity contribution is 7.92. The molecular formula is C23H30FN3O4S. The van der Waals surface area contributed by atoms with E-state index in [-0.39, 0.29) is 40.7 Å². The van der Waals surface area contributed by atoms with Crippen LogP contribution in [0.1, 0.15) is 27.7 Å². The summed E-state index contributed by atoms with van der Waals surface area (Å²) >= 11 is 0. The van der Waals surface area contributed by atoms with Crippen LogP contribution in [-0.2, 0) is 19.6 Å². The van der Waals surface area contributed by atoms with Crippen LogP contribution in [0, 0.1) is 11.7 Å². The van der Waals surface area contributed by atoms with Gasteiger partial charge in [0.15, 0.2) is 0 Å². The van der Waals surface area contributed by atoms with Gasteiger partial charge in [-0.05, 0) is 62.2 Å². The second kappa shape index (κ2) is 9.97. The Hall–Kier alpha value is -2.49. The number of nitrogens with zero attached hydrogens (tertiary/aromatic N) is 1. The molecule has 2 aromatic carbocycles. The lowest BCUT2D eigenvalue weighted by Crippen LogP contribution is -2.55. The maximum Gasteiger partial charge on any atom is 0.261 e. The van der Waals surface area contributed by atoms with Crippen LogP contribution in [0.3, 0.4) is 0 Å². The number of ether oxygens (including phenoxy) is 1. The first-order valence-electron chi connectivity index (χ1n) is 10.6. The van der Waals surface area contributed by atoms with Crippen molar-refractivity contribution >= 4 is 27.3 Å². The Bertz CT molecular complexity index is 1030. The molecule has 1 fully saturated rings. The summed E-state index contributed by atoms with van der Waals surface area (Å²) in [5.74, 6) is -0.593. The second-order valence-electron chi connectivity index (χ2n) is 8.53. The van der Waals surface area contributed by atoms with E-state index in [1.165, 1.54) is 30.3 Å². The molecule has 1 amide bonds. The van der Waals surface area contributed by atoms with E-state index < -0.39 is 15.8 Å². The van der Waals surface area contributed by atoms with Crippen LogP contribution < -0.4 is 10.0 Å². The molecule has 2 aromatic rings. The van der Waals surface area contributed by atoms with E-state index in [1.807, 2.05) is 27.7 Å². The van der Waals surface area contributed by atoms with Gasteiger partial charge in [0.2, 0.25) is 5.91 Å². The van der Waals surface area contributed by atoms with E-state index in [0.717, 1.165) is 6.07 Å². The highest BCUT2D eigenvalue weighted by atomic mass is 32.2. The van der Waals surface area contributed by atoms with E-state index >= 15 is 0 Å². The number of hydrogen-bond acceptors (Lipinski definition) is 5. The van der Waals surface area contributed by atoms with E-state index in [4.69, 9.17) is 4.74 Å². The van der Waals surface area contributed by atoms with Crippen LogP contribution in [0.15, 0.2) is 53.4 Å². The summed E-state index contributed by atoms with van der Waals surface area (Å²) in [6, 6.07) is 10.8. The Morgan fingerprint density at radius 3 is 2.25 bits per heavy atom. The molecule has 3 unspecified atom stereocenters. The van der Waals surface area contributed by atoms with Gasteiger partial charge in [0.1, 0.15) is 5.82 Å². The number of hydrogen-bond donors (Lipinski definition) is 2. The fourth-order valence-corrected chi connectivity index (χ4v) is 5.08. The molecule has 7 nitrogen and oxygen atoms in total. The van der Waals surface area contributed by atoms with Crippen molar-refractivity contribution in [3.8, 4) is 0 Å². The largest absolute Gasteiger partial charge is 0.373 e. The number of nitrogens with one attached hydrogen (secondary N) is 2. The molecule has 9 heteroatoms. The van der Waals surface area contributed by atoms with Crippen molar-refractivity contribution in [2.75, 3.05) is 23.1 Å². The Morgan fingerprint density at radius 2 is 1.69 bits per heavy atom. The van der Waals surface area contributed by atoms with Crippen LogP contribution in [0.5, 0.6) is 0 Å². The van der Waals surface area contributed by atoms with Crippen molar-refractivity contribution in [2.45, 2.75) is 50.8 Å². The average Bonchev–Trinajstić information content (AvgIpc) is 2.67. The van der Waals surface area contributed by atoms with E-state index in [2.05, 4.69) is 14.9 Å². The zero-order valence-corrected chi connectivity index (χ0v) is 19.5. The first-order valence-corrected chi connectivity index (χ1v) is 12.1. The normalized spacial score (nSPS) is 20.7. The Labute approximate surface area is 189 Å². The third-order valence-corrected chi connectivity index (χ3v) is 6.65. The Morgan fingerprint density at radius 1 is 1.06 bits per heavy atom. The van der Waals surface area contributed by atoms with Gasteiger partial charge in [-0.25, -0.2) is 12.8 Å². The molecule has 2 N–H and O–H groups in total. The van der Waals surface area contributed by atoms with Gasteiger partial charge in [0, 0.05) is 18.8 Å². The van der Waals surface area contributed by atoms with Crippen LogP contribution in [-0.4, -0.2) is 50.6 Å². The van der Waals surface area contributed by atoms with Crippen molar-refractivity contribution in [1.29, 1.82) is 0 Å². The number of rotatable bonds is 7. The Balaban J connectivity index is 1.70. The minimum absolute atomic E-state index is 0.0102. The molecule has 3 rings (SSSR count). The molecule has 3 atom stereocenters. The topological polar surface area (TPSA) is 87.7 Å². The number of morpholine rings is 1. The SMILES string of the molecule is CC1CN(C(C(=O)Nc2ccc(S(=O)(=O)Nc3cccc(F)c3)cc2)C(C)C)CC(C)O1. The van der Waals surface area contributed by atoms with Gasteiger partial charge >= 0.3 is 0 Å². The quantitative estimate of drug-likeness (QED) is 0.654. The third kappa shape index (κ3) is 6.05. The monoisotopic (exact) mass is 463 g/mol. The van der Waals surface area contributed by atoms with Crippen LogP contribution in [0.2, 0.25) is 0 Å². The van der Waals surface area contributed by atoms with E-state index in [1.54, 1.807) is 12.1 Å². The summed E-state index contributed by atoms with van der Waals surface area (Å²) in [7, 11) is -3.89. The lowest BCUT2D eigenvalue weighted by Gasteiger charge is -2.41. The summed E-state index contributed by atoms with van der Waals surface area (Å²) < 4.78 is 46.6. The number of sulfonamides is 1. The highest BCUT2D eigenvalue weighted by Crippen LogP contribution is 2.22. The van der Waals surface area contributed by atoms with Gasteiger partial charge in [-0.3, -0.25) is 14.4 Å². The predicted molar refractivity (Wildman–Crippen MR) is 122 cm³/mol. The standard InChI is InChI=1S/C23H30FN3O4S/c1-15(2)22(27-13-16(3)31-17(4)14-27)23(28)25-19-8-10-21(11-9-19)32(29,30)26-20-7-5-6-18(24)12-20/h5-12,15-17,22,26H,13-14H2,1-4H3,(H,25,28). The molecule has 0 bridgehead atoms. The summed E-state index contributed by atoms with van der Waals surface area (Å²) in [5, 5.41) is 2.90. The number of carbonyl (C=O) groups excluding carboxylic acids is 1. The minimum Gasteiger partial charge on any atom is -0.373 e. The summed E-state index contributed by atoms with van der Waals surface area (Å²) in [6.07, 6.45) is 0.0887. The molecular weight excluding hydrogens is 433 g/mol. The van der Waals surface area contributed by atoms with Gasteiger partial charge in [-0.1, -0.05) is 19.9 Å². The predicted octanol–water partition coefficient (Wildman–Crippen LogP) is 3.70. The number of anilines is 2. The zero-order valence-electron chi connectivity index (χ0n) is 18.7. The number of amides is 1. The van der Waals surface area contributed by atoms with Crippen molar-refractivity contribution in [2.24, 2.45) is 5.92 Å². The molecule has 1 saturated heterocycles. The number of benzene rings is 2. The lowest BCUT2D eigenvalue weighted by atomic mass is 9.99. The Kier molecular flexibility index (Phi) is 7.53. The van der Waals surface area contributed by atoms with E-state index in [9.17, 15) is 17.6 Å².